The van der Waals surface area contributed by atoms with E-state index < -0.39 is 29.9 Å². The summed E-state index contributed by atoms with van der Waals surface area (Å²) in [5.74, 6) is -3.63. The molecule has 6 nitrogen and oxygen atoms in total. The highest BCUT2D eigenvalue weighted by atomic mass is 16.8. The molecule has 0 fully saturated rings. The van der Waals surface area contributed by atoms with Gasteiger partial charge in [-0.2, -0.15) is 0 Å². The highest BCUT2D eigenvalue weighted by molar-refractivity contribution is 5.72. The lowest BCUT2D eigenvalue weighted by molar-refractivity contribution is -0.385. The zero-order chi connectivity index (χ0) is 29.2. The van der Waals surface area contributed by atoms with Gasteiger partial charge in [0.05, 0.1) is 12.0 Å². The van der Waals surface area contributed by atoms with E-state index in [1.807, 2.05) is 13.8 Å². The second-order valence-corrected chi connectivity index (χ2v) is 11.6. The number of rotatable bonds is 28. The Balaban J connectivity index is 4.83. The Labute approximate surface area is 241 Å². The van der Waals surface area contributed by atoms with Crippen molar-refractivity contribution in [3.63, 3.8) is 0 Å². The summed E-state index contributed by atoms with van der Waals surface area (Å²) in [5, 5.41) is 21.9. The number of carbonyl (C=O) groups excluding carboxylic acids is 2. The number of hydrogen-bond donors (Lipinski definition) is 2. The van der Waals surface area contributed by atoms with Crippen molar-refractivity contribution < 1.29 is 29.3 Å². The van der Waals surface area contributed by atoms with Crippen molar-refractivity contribution in [1.29, 1.82) is 0 Å². The zero-order valence-electron chi connectivity index (χ0n) is 26.2. The van der Waals surface area contributed by atoms with Crippen LogP contribution in [0.25, 0.3) is 0 Å². The van der Waals surface area contributed by atoms with E-state index in [-0.39, 0.29) is 12.8 Å². The Morgan fingerprint density at radius 1 is 0.538 bits per heavy atom. The van der Waals surface area contributed by atoms with Gasteiger partial charge in [-0.3, -0.25) is 9.59 Å². The Morgan fingerprint density at radius 3 is 1.18 bits per heavy atom. The fourth-order valence-electron chi connectivity index (χ4n) is 5.17. The summed E-state index contributed by atoms with van der Waals surface area (Å²) in [4.78, 5) is 25.5. The maximum Gasteiger partial charge on any atom is 0.381 e. The van der Waals surface area contributed by atoms with Gasteiger partial charge in [0.15, 0.2) is 0 Å². The molecule has 0 saturated carbocycles. The van der Waals surface area contributed by atoms with Crippen LogP contribution in [0.4, 0.5) is 0 Å². The Kier molecular flexibility index (Phi) is 23.9. The molecule has 0 aliphatic carbocycles. The maximum absolute atomic E-state index is 12.8. The third-order valence-electron chi connectivity index (χ3n) is 8.13. The van der Waals surface area contributed by atoms with E-state index in [2.05, 4.69) is 13.8 Å². The molecule has 0 spiro atoms. The molecule has 2 N–H and O–H groups in total. The topological polar surface area (TPSA) is 93.1 Å². The van der Waals surface area contributed by atoms with Gasteiger partial charge in [0.1, 0.15) is 0 Å². The van der Waals surface area contributed by atoms with Crippen LogP contribution in [0.15, 0.2) is 0 Å². The lowest BCUT2D eigenvalue weighted by atomic mass is 9.78. The van der Waals surface area contributed by atoms with E-state index in [1.165, 1.54) is 77.0 Å². The van der Waals surface area contributed by atoms with Crippen LogP contribution < -0.4 is 0 Å². The van der Waals surface area contributed by atoms with Gasteiger partial charge >= 0.3 is 17.9 Å². The Morgan fingerprint density at radius 2 is 0.872 bits per heavy atom. The molecular weight excluding hydrogens is 492 g/mol. The lowest BCUT2D eigenvalue weighted by Crippen LogP contribution is -2.56. The van der Waals surface area contributed by atoms with Crippen LogP contribution >= 0.6 is 0 Å². The van der Waals surface area contributed by atoms with Crippen LogP contribution in [0.2, 0.25) is 0 Å². The second kappa shape index (κ2) is 24.6. The molecule has 0 aliphatic heterocycles. The van der Waals surface area contributed by atoms with E-state index in [9.17, 15) is 19.8 Å². The largest absolute Gasteiger partial charge is 0.398 e. The summed E-state index contributed by atoms with van der Waals surface area (Å²) in [6.45, 7) is 7.83. The van der Waals surface area contributed by atoms with Crippen LogP contribution in [0.5, 0.6) is 0 Å². The number of esters is 2. The maximum atomic E-state index is 12.8. The van der Waals surface area contributed by atoms with Crippen LogP contribution in [0.1, 0.15) is 182 Å². The summed E-state index contributed by atoms with van der Waals surface area (Å²) in [6, 6.07) is 0. The van der Waals surface area contributed by atoms with Gasteiger partial charge in [-0.25, -0.2) is 0 Å². The smallest absolute Gasteiger partial charge is 0.381 e. The average Bonchev–Trinajstić information content (AvgIpc) is 2.92. The van der Waals surface area contributed by atoms with Crippen LogP contribution in [-0.4, -0.2) is 34.7 Å². The molecule has 39 heavy (non-hydrogen) atoms. The Hall–Kier alpha value is -1.14. The van der Waals surface area contributed by atoms with Gasteiger partial charge < -0.3 is 19.7 Å². The molecule has 1 atom stereocenters. The molecule has 0 bridgehead atoms. The molecule has 232 valence electrons. The number of aliphatic hydroxyl groups excluding tert-OH is 1. The van der Waals surface area contributed by atoms with E-state index in [0.717, 1.165) is 32.1 Å². The van der Waals surface area contributed by atoms with Gasteiger partial charge in [-0.05, 0) is 25.7 Å². The van der Waals surface area contributed by atoms with Gasteiger partial charge in [-0.1, -0.05) is 143 Å². The van der Waals surface area contributed by atoms with E-state index in [0.29, 0.717) is 32.1 Å². The molecule has 0 heterocycles. The third-order valence-corrected chi connectivity index (χ3v) is 8.13. The third kappa shape index (κ3) is 17.3. The molecule has 0 aliphatic rings. The second-order valence-electron chi connectivity index (χ2n) is 11.6. The molecule has 6 heteroatoms. The summed E-state index contributed by atoms with van der Waals surface area (Å²) >= 11 is 0. The number of ether oxygens (including phenoxy) is 2. The fraction of sp³-hybridized carbons (Fsp3) is 0.939. The monoisotopic (exact) mass is 556 g/mol. The van der Waals surface area contributed by atoms with Gasteiger partial charge in [-0.15, -0.1) is 0 Å². The Bertz CT molecular complexity index is 551. The standard InChI is InChI=1S/C33H64O6/c1-5-9-12-14-16-18-20-22-24-26-30(35)38-33(37,32(8-4,29-34)28-11-7-3)39-31(36)27-25-23-21-19-17-15-13-10-6-2/h34,37H,5-29H2,1-4H3. The van der Waals surface area contributed by atoms with Crippen LogP contribution in [0, 0.1) is 5.41 Å². The first-order valence-corrected chi connectivity index (χ1v) is 16.6. The van der Waals surface area contributed by atoms with Crippen molar-refractivity contribution in [3.8, 4) is 0 Å². The summed E-state index contributed by atoms with van der Waals surface area (Å²) in [6.07, 6.45) is 22.9. The van der Waals surface area contributed by atoms with Crippen molar-refractivity contribution in [2.75, 3.05) is 6.61 Å². The van der Waals surface area contributed by atoms with Crippen molar-refractivity contribution in [2.45, 2.75) is 188 Å². The predicted molar refractivity (Wildman–Crippen MR) is 160 cm³/mol. The van der Waals surface area contributed by atoms with Gasteiger partial charge in [0.2, 0.25) is 0 Å². The van der Waals surface area contributed by atoms with Crippen molar-refractivity contribution in [3.05, 3.63) is 0 Å². The minimum absolute atomic E-state index is 0.160. The molecule has 0 aromatic carbocycles. The van der Waals surface area contributed by atoms with E-state index in [4.69, 9.17) is 9.47 Å². The molecule has 0 saturated heterocycles. The first kappa shape index (κ1) is 37.9. The number of unbranched alkanes of at least 4 members (excludes halogenated alkanes) is 17. The molecule has 0 amide bonds. The van der Waals surface area contributed by atoms with Gasteiger partial charge in [0, 0.05) is 12.8 Å². The molecule has 0 rings (SSSR count). The minimum atomic E-state index is -2.46. The first-order chi connectivity index (χ1) is 18.8. The summed E-state index contributed by atoms with van der Waals surface area (Å²) in [5.41, 5.74) is -1.24. The van der Waals surface area contributed by atoms with Crippen molar-refractivity contribution >= 4 is 11.9 Å². The predicted octanol–water partition coefficient (Wildman–Crippen LogP) is 9.14. The molecule has 0 radical (unpaired) electrons. The highest BCUT2D eigenvalue weighted by Crippen LogP contribution is 2.42. The van der Waals surface area contributed by atoms with Crippen LogP contribution in [-0.2, 0) is 19.1 Å². The molecule has 0 aromatic rings. The zero-order valence-corrected chi connectivity index (χ0v) is 26.2. The number of hydrogen-bond acceptors (Lipinski definition) is 6. The van der Waals surface area contributed by atoms with Gasteiger partial charge in [0.25, 0.3) is 0 Å². The van der Waals surface area contributed by atoms with E-state index >= 15 is 0 Å². The molecule has 0 aromatic heterocycles. The highest BCUT2D eigenvalue weighted by Gasteiger charge is 2.56. The van der Waals surface area contributed by atoms with E-state index in [1.54, 1.807) is 0 Å². The SMILES string of the molecule is CCCCCCCCCCCC(=O)OC(O)(OC(=O)CCCCCCCCCCC)C(CC)(CO)CCCC. The summed E-state index contributed by atoms with van der Waals surface area (Å²) in [7, 11) is 0. The molecular formula is C33H64O6. The summed E-state index contributed by atoms with van der Waals surface area (Å²) < 4.78 is 11.1. The average molecular weight is 557 g/mol. The number of carbonyl (C=O) groups is 2. The van der Waals surface area contributed by atoms with Crippen molar-refractivity contribution in [1.82, 2.24) is 0 Å². The van der Waals surface area contributed by atoms with Crippen LogP contribution in [0.3, 0.4) is 0 Å². The van der Waals surface area contributed by atoms with Crippen molar-refractivity contribution in [2.24, 2.45) is 5.41 Å². The first-order valence-electron chi connectivity index (χ1n) is 16.6. The number of aliphatic hydroxyl groups is 2. The fourth-order valence-corrected chi connectivity index (χ4v) is 5.17. The minimum Gasteiger partial charge on any atom is -0.398 e. The normalized spacial score (nSPS) is 13.3. The lowest BCUT2D eigenvalue weighted by Gasteiger charge is -2.43. The quantitative estimate of drug-likeness (QED) is 0.0567. The molecule has 1 unspecified atom stereocenters.